The van der Waals surface area contributed by atoms with E-state index in [1.165, 1.54) is 12.4 Å². The maximum absolute atomic E-state index is 14.6. The first-order chi connectivity index (χ1) is 12.6. The maximum Gasteiger partial charge on any atom is 0.162 e. The van der Waals surface area contributed by atoms with Crippen LogP contribution < -0.4 is 4.74 Å². The van der Waals surface area contributed by atoms with Crippen LogP contribution in [0, 0.1) is 5.82 Å². The van der Waals surface area contributed by atoms with Crippen LogP contribution in [0.5, 0.6) is 5.75 Å². The van der Waals surface area contributed by atoms with E-state index in [-0.39, 0.29) is 11.3 Å². The molecule has 0 saturated heterocycles. The van der Waals surface area contributed by atoms with Crippen LogP contribution in [0.2, 0.25) is 5.15 Å². The SMILES string of the molecule is C[C@@H](Oc1ccc(-c2nc3c(Cl)ncnc3[nH]2)c(F)c1)c1ccccc1. The quantitative estimate of drug-likeness (QED) is 0.517. The second-order valence-corrected chi connectivity index (χ2v) is 6.12. The van der Waals surface area contributed by atoms with Crippen molar-refractivity contribution in [3.8, 4) is 17.1 Å². The number of aromatic nitrogens is 4. The van der Waals surface area contributed by atoms with E-state index in [0.717, 1.165) is 5.56 Å². The smallest absolute Gasteiger partial charge is 0.162 e. The van der Waals surface area contributed by atoms with E-state index >= 15 is 0 Å². The molecule has 1 N–H and O–H groups in total. The summed E-state index contributed by atoms with van der Waals surface area (Å²) in [6.45, 7) is 1.92. The van der Waals surface area contributed by atoms with Crippen molar-refractivity contribution >= 4 is 22.8 Å². The van der Waals surface area contributed by atoms with Crippen LogP contribution in [0.25, 0.3) is 22.6 Å². The third kappa shape index (κ3) is 3.11. The first-order valence-electron chi connectivity index (χ1n) is 7.99. The molecule has 26 heavy (non-hydrogen) atoms. The number of H-pyrrole nitrogens is 1. The van der Waals surface area contributed by atoms with Crippen LogP contribution in [0.4, 0.5) is 4.39 Å². The van der Waals surface area contributed by atoms with Gasteiger partial charge in [-0.3, -0.25) is 0 Å². The van der Waals surface area contributed by atoms with Crippen molar-refractivity contribution in [1.29, 1.82) is 0 Å². The molecule has 0 unspecified atom stereocenters. The number of rotatable bonds is 4. The third-order valence-electron chi connectivity index (χ3n) is 4.02. The number of halogens is 2. The molecule has 4 aromatic rings. The number of ether oxygens (including phenoxy) is 1. The van der Waals surface area contributed by atoms with E-state index in [9.17, 15) is 4.39 Å². The van der Waals surface area contributed by atoms with Gasteiger partial charge >= 0.3 is 0 Å². The highest BCUT2D eigenvalue weighted by Gasteiger charge is 2.15. The summed E-state index contributed by atoms with van der Waals surface area (Å²) in [5.74, 6) is 0.324. The zero-order chi connectivity index (χ0) is 18.1. The van der Waals surface area contributed by atoms with Crippen molar-refractivity contribution in [2.24, 2.45) is 0 Å². The van der Waals surface area contributed by atoms with Gasteiger partial charge in [-0.25, -0.2) is 19.3 Å². The molecule has 0 radical (unpaired) electrons. The predicted molar refractivity (Wildman–Crippen MR) is 97.6 cm³/mol. The molecule has 0 aliphatic carbocycles. The van der Waals surface area contributed by atoms with Gasteiger partial charge in [0, 0.05) is 6.07 Å². The predicted octanol–water partition coefficient (Wildman–Crippen LogP) is 4.95. The summed E-state index contributed by atoms with van der Waals surface area (Å²) < 4.78 is 20.4. The Morgan fingerprint density at radius 1 is 1.12 bits per heavy atom. The molecule has 0 fully saturated rings. The Balaban J connectivity index is 1.62. The fourth-order valence-corrected chi connectivity index (χ4v) is 2.86. The Bertz CT molecular complexity index is 1070. The highest BCUT2D eigenvalue weighted by Crippen LogP contribution is 2.29. The highest BCUT2D eigenvalue weighted by molar-refractivity contribution is 6.33. The number of nitrogens with one attached hydrogen (secondary N) is 1. The molecule has 2 aromatic heterocycles. The van der Waals surface area contributed by atoms with Gasteiger partial charge in [0.15, 0.2) is 10.8 Å². The van der Waals surface area contributed by atoms with E-state index in [0.29, 0.717) is 28.3 Å². The van der Waals surface area contributed by atoms with E-state index in [1.807, 2.05) is 37.3 Å². The summed E-state index contributed by atoms with van der Waals surface area (Å²) in [5, 5.41) is 0.217. The summed E-state index contributed by atoms with van der Waals surface area (Å²) in [4.78, 5) is 15.2. The van der Waals surface area contributed by atoms with Gasteiger partial charge in [0.05, 0.1) is 5.56 Å². The minimum Gasteiger partial charge on any atom is -0.486 e. The molecular formula is C19H14ClFN4O. The standard InChI is InChI=1S/C19H14ClFN4O/c1-11(12-5-3-2-4-6-12)26-13-7-8-14(15(21)9-13)18-24-16-17(20)22-10-23-19(16)25-18/h2-11H,1H3,(H,22,23,24,25)/t11-/m1/s1. The Labute approximate surface area is 153 Å². The van der Waals surface area contributed by atoms with Gasteiger partial charge in [0.25, 0.3) is 0 Å². The van der Waals surface area contributed by atoms with Gasteiger partial charge in [0.2, 0.25) is 0 Å². The largest absolute Gasteiger partial charge is 0.486 e. The van der Waals surface area contributed by atoms with Crippen LogP contribution in [-0.4, -0.2) is 19.9 Å². The molecule has 130 valence electrons. The summed E-state index contributed by atoms with van der Waals surface area (Å²) in [5.41, 5.74) is 2.18. The van der Waals surface area contributed by atoms with Crippen LogP contribution in [-0.2, 0) is 0 Å². The van der Waals surface area contributed by atoms with Crippen molar-refractivity contribution < 1.29 is 9.13 Å². The summed E-state index contributed by atoms with van der Waals surface area (Å²) in [6.07, 6.45) is 1.13. The lowest BCUT2D eigenvalue weighted by molar-refractivity contribution is 0.226. The van der Waals surface area contributed by atoms with Crippen LogP contribution in [0.1, 0.15) is 18.6 Å². The second kappa shape index (κ2) is 6.72. The molecule has 2 heterocycles. The molecule has 0 aliphatic heterocycles. The Hall–Kier alpha value is -2.99. The lowest BCUT2D eigenvalue weighted by Crippen LogP contribution is -2.03. The maximum atomic E-state index is 14.6. The normalized spacial score (nSPS) is 12.3. The zero-order valence-corrected chi connectivity index (χ0v) is 14.5. The molecule has 0 saturated carbocycles. The van der Waals surface area contributed by atoms with Crippen molar-refractivity contribution in [1.82, 2.24) is 19.9 Å². The molecular weight excluding hydrogens is 355 g/mol. The number of imidazole rings is 1. The van der Waals surface area contributed by atoms with Gasteiger partial charge in [-0.05, 0) is 24.6 Å². The van der Waals surface area contributed by atoms with Crippen molar-refractivity contribution in [3.63, 3.8) is 0 Å². The molecule has 0 aliphatic rings. The van der Waals surface area contributed by atoms with Crippen LogP contribution in [0.15, 0.2) is 54.9 Å². The summed E-state index contributed by atoms with van der Waals surface area (Å²) >= 11 is 5.99. The molecule has 4 rings (SSSR count). The number of aromatic amines is 1. The average molecular weight is 369 g/mol. The number of benzene rings is 2. The lowest BCUT2D eigenvalue weighted by atomic mass is 10.1. The van der Waals surface area contributed by atoms with Gasteiger partial charge < -0.3 is 9.72 Å². The lowest BCUT2D eigenvalue weighted by Gasteiger charge is -2.15. The number of fused-ring (bicyclic) bond motifs is 1. The molecule has 7 heteroatoms. The second-order valence-electron chi connectivity index (χ2n) is 5.76. The zero-order valence-electron chi connectivity index (χ0n) is 13.8. The molecule has 5 nitrogen and oxygen atoms in total. The molecule has 0 bridgehead atoms. The molecule has 0 spiro atoms. The van der Waals surface area contributed by atoms with Gasteiger partial charge in [-0.15, -0.1) is 0 Å². The minimum atomic E-state index is -0.453. The third-order valence-corrected chi connectivity index (χ3v) is 4.29. The fraction of sp³-hybridized carbons (Fsp3) is 0.105. The summed E-state index contributed by atoms with van der Waals surface area (Å²) in [6, 6.07) is 14.4. The average Bonchev–Trinajstić information content (AvgIpc) is 3.08. The van der Waals surface area contributed by atoms with Crippen molar-refractivity contribution in [3.05, 3.63) is 71.4 Å². The van der Waals surface area contributed by atoms with E-state index in [4.69, 9.17) is 16.3 Å². The Morgan fingerprint density at radius 3 is 2.65 bits per heavy atom. The topological polar surface area (TPSA) is 63.7 Å². The first-order valence-corrected chi connectivity index (χ1v) is 8.37. The van der Waals surface area contributed by atoms with Gasteiger partial charge in [-0.1, -0.05) is 41.9 Å². The first kappa shape index (κ1) is 16.5. The number of nitrogens with zero attached hydrogens (tertiary/aromatic N) is 3. The molecule has 1 atom stereocenters. The van der Waals surface area contributed by atoms with Crippen molar-refractivity contribution in [2.75, 3.05) is 0 Å². The van der Waals surface area contributed by atoms with E-state index in [1.54, 1.807) is 12.1 Å². The van der Waals surface area contributed by atoms with Gasteiger partial charge in [-0.2, -0.15) is 0 Å². The summed E-state index contributed by atoms with van der Waals surface area (Å²) in [7, 11) is 0. The van der Waals surface area contributed by atoms with Crippen LogP contribution in [0.3, 0.4) is 0 Å². The minimum absolute atomic E-state index is 0.193. The monoisotopic (exact) mass is 368 g/mol. The van der Waals surface area contributed by atoms with Crippen molar-refractivity contribution in [2.45, 2.75) is 13.0 Å². The Kier molecular flexibility index (Phi) is 4.26. The molecule has 0 amide bonds. The Morgan fingerprint density at radius 2 is 1.92 bits per heavy atom. The highest BCUT2D eigenvalue weighted by atomic mass is 35.5. The number of hydrogen-bond donors (Lipinski definition) is 1. The fourth-order valence-electron chi connectivity index (χ4n) is 2.68. The van der Waals surface area contributed by atoms with Crippen LogP contribution >= 0.6 is 11.6 Å². The van der Waals surface area contributed by atoms with E-state index < -0.39 is 5.82 Å². The number of hydrogen-bond acceptors (Lipinski definition) is 4. The molecule has 2 aromatic carbocycles. The van der Waals surface area contributed by atoms with Gasteiger partial charge in [0.1, 0.15) is 35.3 Å². The van der Waals surface area contributed by atoms with E-state index in [2.05, 4.69) is 19.9 Å².